The quantitative estimate of drug-likeness (QED) is 0.653. The van der Waals surface area contributed by atoms with Crippen LogP contribution in [0.2, 0.25) is 5.02 Å². The maximum Gasteiger partial charge on any atom is 0.288 e. The Morgan fingerprint density at radius 3 is 2.83 bits per heavy atom. The first-order valence-corrected chi connectivity index (χ1v) is 6.40. The van der Waals surface area contributed by atoms with Gasteiger partial charge in [0.15, 0.2) is 0 Å². The van der Waals surface area contributed by atoms with Gasteiger partial charge in [-0.15, -0.1) is 0 Å². The standard InChI is InChI=1S/C12H16ClN3O2/c13-11-7-10(4-5-12(11)16(17)18)15-9-3-1-2-8(14)6-9/h4-5,7-9,15H,1-3,6,14H2. The fourth-order valence-corrected chi connectivity index (χ4v) is 2.59. The topological polar surface area (TPSA) is 81.2 Å². The second-order valence-corrected chi connectivity index (χ2v) is 5.10. The van der Waals surface area contributed by atoms with Crippen molar-refractivity contribution in [3.63, 3.8) is 0 Å². The van der Waals surface area contributed by atoms with Crippen LogP contribution < -0.4 is 11.1 Å². The van der Waals surface area contributed by atoms with E-state index in [-0.39, 0.29) is 16.8 Å². The number of hydrogen-bond donors (Lipinski definition) is 2. The van der Waals surface area contributed by atoms with Crippen LogP contribution in [0.15, 0.2) is 18.2 Å². The summed E-state index contributed by atoms with van der Waals surface area (Å²) in [4.78, 5) is 10.2. The molecule has 6 heteroatoms. The Hall–Kier alpha value is -1.33. The third kappa shape index (κ3) is 3.11. The van der Waals surface area contributed by atoms with Crippen LogP contribution in [-0.4, -0.2) is 17.0 Å². The van der Waals surface area contributed by atoms with Crippen molar-refractivity contribution in [1.29, 1.82) is 0 Å². The molecule has 0 radical (unpaired) electrons. The second kappa shape index (κ2) is 5.54. The molecule has 0 amide bonds. The van der Waals surface area contributed by atoms with Crippen LogP contribution >= 0.6 is 11.6 Å². The van der Waals surface area contributed by atoms with E-state index in [1.54, 1.807) is 12.1 Å². The zero-order chi connectivity index (χ0) is 13.1. The number of benzene rings is 1. The summed E-state index contributed by atoms with van der Waals surface area (Å²) in [5.41, 5.74) is 6.66. The molecule has 1 aliphatic carbocycles. The first kappa shape index (κ1) is 13.1. The van der Waals surface area contributed by atoms with Crippen molar-refractivity contribution in [3.8, 4) is 0 Å². The number of halogens is 1. The predicted molar refractivity (Wildman–Crippen MR) is 72.0 cm³/mol. The number of anilines is 1. The molecule has 0 spiro atoms. The third-order valence-electron chi connectivity index (χ3n) is 3.23. The minimum atomic E-state index is -0.483. The van der Waals surface area contributed by atoms with E-state index in [9.17, 15) is 10.1 Å². The van der Waals surface area contributed by atoms with Gasteiger partial charge >= 0.3 is 0 Å². The monoisotopic (exact) mass is 269 g/mol. The zero-order valence-corrected chi connectivity index (χ0v) is 10.7. The lowest BCUT2D eigenvalue weighted by molar-refractivity contribution is -0.384. The van der Waals surface area contributed by atoms with E-state index < -0.39 is 4.92 Å². The van der Waals surface area contributed by atoms with E-state index in [4.69, 9.17) is 17.3 Å². The molecule has 18 heavy (non-hydrogen) atoms. The molecule has 1 fully saturated rings. The number of nitrogens with one attached hydrogen (secondary N) is 1. The molecule has 1 aliphatic rings. The molecule has 0 aliphatic heterocycles. The van der Waals surface area contributed by atoms with E-state index in [2.05, 4.69) is 5.32 Å². The molecule has 0 saturated heterocycles. The van der Waals surface area contributed by atoms with Gasteiger partial charge < -0.3 is 11.1 Å². The highest BCUT2D eigenvalue weighted by atomic mass is 35.5. The van der Waals surface area contributed by atoms with Crippen LogP contribution in [0.25, 0.3) is 0 Å². The molecular formula is C12H16ClN3O2. The van der Waals surface area contributed by atoms with Crippen LogP contribution in [-0.2, 0) is 0 Å². The molecule has 1 aromatic carbocycles. The smallest absolute Gasteiger partial charge is 0.288 e. The second-order valence-electron chi connectivity index (χ2n) is 4.69. The Labute approximate surface area is 110 Å². The highest BCUT2D eigenvalue weighted by Crippen LogP contribution is 2.29. The van der Waals surface area contributed by atoms with Crippen molar-refractivity contribution in [2.45, 2.75) is 37.8 Å². The summed E-state index contributed by atoms with van der Waals surface area (Å²) in [6.45, 7) is 0. The van der Waals surface area contributed by atoms with Crippen molar-refractivity contribution >= 4 is 23.0 Å². The molecule has 3 N–H and O–H groups in total. The molecule has 1 saturated carbocycles. The molecular weight excluding hydrogens is 254 g/mol. The molecule has 2 atom stereocenters. The minimum absolute atomic E-state index is 0.0671. The number of nitro benzene ring substituents is 1. The largest absolute Gasteiger partial charge is 0.382 e. The van der Waals surface area contributed by atoms with Gasteiger partial charge in [0.2, 0.25) is 0 Å². The van der Waals surface area contributed by atoms with Crippen LogP contribution in [0.5, 0.6) is 0 Å². The average molecular weight is 270 g/mol. The summed E-state index contributed by atoms with van der Waals surface area (Å²) >= 11 is 5.86. The lowest BCUT2D eigenvalue weighted by Crippen LogP contribution is -2.34. The van der Waals surface area contributed by atoms with Gasteiger partial charge in [-0.1, -0.05) is 11.6 Å². The number of nitrogens with two attached hydrogens (primary N) is 1. The SMILES string of the molecule is NC1CCCC(Nc2ccc([N+](=O)[O-])c(Cl)c2)C1. The van der Waals surface area contributed by atoms with Gasteiger partial charge in [0.25, 0.3) is 5.69 Å². The van der Waals surface area contributed by atoms with Gasteiger partial charge in [-0.2, -0.15) is 0 Å². The molecule has 98 valence electrons. The number of hydrogen-bond acceptors (Lipinski definition) is 4. The average Bonchev–Trinajstić information content (AvgIpc) is 2.28. The van der Waals surface area contributed by atoms with Crippen molar-refractivity contribution in [1.82, 2.24) is 0 Å². The predicted octanol–water partition coefficient (Wildman–Crippen LogP) is 2.93. The molecule has 1 aromatic rings. The molecule has 5 nitrogen and oxygen atoms in total. The Morgan fingerprint density at radius 2 is 2.22 bits per heavy atom. The van der Waals surface area contributed by atoms with Crippen molar-refractivity contribution in [3.05, 3.63) is 33.3 Å². The number of rotatable bonds is 3. The zero-order valence-electron chi connectivity index (χ0n) is 9.93. The van der Waals surface area contributed by atoms with E-state index in [0.29, 0.717) is 6.04 Å². The lowest BCUT2D eigenvalue weighted by atomic mass is 9.91. The minimum Gasteiger partial charge on any atom is -0.382 e. The summed E-state index contributed by atoms with van der Waals surface area (Å²) in [6.07, 6.45) is 4.18. The van der Waals surface area contributed by atoms with Gasteiger partial charge in [0.1, 0.15) is 5.02 Å². The van der Waals surface area contributed by atoms with Gasteiger partial charge in [-0.05, 0) is 37.8 Å². The molecule has 0 aromatic heterocycles. The Balaban J connectivity index is 2.05. The van der Waals surface area contributed by atoms with Gasteiger partial charge in [0.05, 0.1) is 4.92 Å². The molecule has 2 unspecified atom stereocenters. The van der Waals surface area contributed by atoms with Crippen molar-refractivity contribution < 1.29 is 4.92 Å². The fourth-order valence-electron chi connectivity index (χ4n) is 2.34. The van der Waals surface area contributed by atoms with Crippen LogP contribution in [0.1, 0.15) is 25.7 Å². The Kier molecular flexibility index (Phi) is 4.04. The van der Waals surface area contributed by atoms with Gasteiger partial charge in [-0.3, -0.25) is 10.1 Å². The number of nitrogens with zero attached hydrogens (tertiary/aromatic N) is 1. The molecule has 0 heterocycles. The van der Waals surface area contributed by atoms with Gasteiger partial charge in [0, 0.05) is 23.8 Å². The highest BCUT2D eigenvalue weighted by molar-refractivity contribution is 6.32. The van der Waals surface area contributed by atoms with Crippen molar-refractivity contribution in [2.75, 3.05) is 5.32 Å². The summed E-state index contributed by atoms with van der Waals surface area (Å²) in [5, 5.41) is 14.1. The van der Waals surface area contributed by atoms with E-state index in [1.807, 2.05) is 0 Å². The Bertz CT molecular complexity index is 453. The summed E-state index contributed by atoms with van der Waals surface area (Å²) in [6, 6.07) is 5.27. The third-order valence-corrected chi connectivity index (χ3v) is 3.53. The lowest BCUT2D eigenvalue weighted by Gasteiger charge is -2.28. The van der Waals surface area contributed by atoms with E-state index in [0.717, 1.165) is 31.4 Å². The maximum absolute atomic E-state index is 10.7. The summed E-state index contributed by atoms with van der Waals surface area (Å²) in [7, 11) is 0. The molecule has 2 rings (SSSR count). The van der Waals surface area contributed by atoms with Crippen LogP contribution in [0.4, 0.5) is 11.4 Å². The Morgan fingerprint density at radius 1 is 1.44 bits per heavy atom. The van der Waals surface area contributed by atoms with Crippen molar-refractivity contribution in [2.24, 2.45) is 5.73 Å². The number of nitro groups is 1. The first-order chi connectivity index (χ1) is 8.56. The normalized spacial score (nSPS) is 23.7. The van der Waals surface area contributed by atoms with E-state index >= 15 is 0 Å². The highest BCUT2D eigenvalue weighted by Gasteiger charge is 2.19. The van der Waals surface area contributed by atoms with Crippen LogP contribution in [0.3, 0.4) is 0 Å². The van der Waals surface area contributed by atoms with Gasteiger partial charge in [-0.25, -0.2) is 0 Å². The fraction of sp³-hybridized carbons (Fsp3) is 0.500. The molecule has 0 bridgehead atoms. The van der Waals surface area contributed by atoms with E-state index in [1.165, 1.54) is 6.07 Å². The summed E-state index contributed by atoms with van der Waals surface area (Å²) < 4.78 is 0. The maximum atomic E-state index is 10.7. The van der Waals surface area contributed by atoms with Crippen LogP contribution in [0, 0.1) is 10.1 Å². The summed E-state index contributed by atoms with van der Waals surface area (Å²) in [5.74, 6) is 0. The first-order valence-electron chi connectivity index (χ1n) is 6.02.